The summed E-state index contributed by atoms with van der Waals surface area (Å²) in [4.78, 5) is 38.3. The molecule has 0 radical (unpaired) electrons. The molecule has 1 saturated carbocycles. The van der Waals surface area contributed by atoms with E-state index in [0.29, 0.717) is 29.7 Å². The lowest BCUT2D eigenvalue weighted by molar-refractivity contribution is -0.143. The Morgan fingerprint density at radius 1 is 0.902 bits per heavy atom. The number of rotatable bonds is 9. The van der Waals surface area contributed by atoms with Crippen molar-refractivity contribution in [3.63, 3.8) is 0 Å². The zero-order chi connectivity index (χ0) is 29.1. The molecule has 3 aliphatic rings. The zero-order valence-electron chi connectivity index (χ0n) is 22.7. The smallest absolute Gasteiger partial charge is 0.326 e. The number of hydrogen-bond acceptors (Lipinski definition) is 5. The van der Waals surface area contributed by atoms with E-state index < -0.39 is 34.0 Å². The number of nitrogens with zero attached hydrogens (tertiary/aromatic N) is 1. The van der Waals surface area contributed by atoms with E-state index in [9.17, 15) is 27.9 Å². The lowest BCUT2D eigenvalue weighted by atomic mass is 9.76. The van der Waals surface area contributed by atoms with Crippen LogP contribution in [0.1, 0.15) is 47.2 Å². The van der Waals surface area contributed by atoms with Gasteiger partial charge in [-0.2, -0.15) is 4.31 Å². The van der Waals surface area contributed by atoms with E-state index >= 15 is 0 Å². The highest BCUT2D eigenvalue weighted by atomic mass is 32.2. The van der Waals surface area contributed by atoms with Crippen LogP contribution in [0, 0.1) is 12.8 Å². The molecule has 0 aromatic heterocycles. The number of anilines is 1. The Kier molecular flexibility index (Phi) is 8.23. The van der Waals surface area contributed by atoms with E-state index in [1.807, 2.05) is 13.0 Å². The molecule has 3 N–H and O–H groups in total. The molecule has 2 amide bonds. The first-order valence-corrected chi connectivity index (χ1v) is 15.2. The third-order valence-corrected chi connectivity index (χ3v) is 9.94. The van der Waals surface area contributed by atoms with Crippen LogP contribution >= 0.6 is 0 Å². The Hall–Kier alpha value is -4.02. The van der Waals surface area contributed by atoms with Crippen molar-refractivity contribution in [1.29, 1.82) is 0 Å². The average molecular weight is 576 g/mol. The number of carboxylic acids is 1. The molecule has 41 heavy (non-hydrogen) atoms. The first kappa shape index (κ1) is 28.5. The number of piperidine rings is 2. The molecule has 1 aliphatic carbocycles. The van der Waals surface area contributed by atoms with E-state index in [1.165, 1.54) is 4.31 Å². The Bertz CT molecular complexity index is 1520. The summed E-state index contributed by atoms with van der Waals surface area (Å²) < 4.78 is 28.8. The second-order valence-electron chi connectivity index (χ2n) is 10.8. The molecular formula is C31H33N3O6S. The van der Waals surface area contributed by atoms with Gasteiger partial charge in [0, 0.05) is 23.7 Å². The van der Waals surface area contributed by atoms with Crippen LogP contribution in [0.15, 0.2) is 83.8 Å². The van der Waals surface area contributed by atoms with Gasteiger partial charge < -0.3 is 15.7 Å². The minimum absolute atomic E-state index is 0.000484. The normalized spacial score (nSPS) is 21.1. The van der Waals surface area contributed by atoms with Gasteiger partial charge in [-0.25, -0.2) is 13.2 Å². The fourth-order valence-corrected chi connectivity index (χ4v) is 7.72. The quantitative estimate of drug-likeness (QED) is 0.353. The third kappa shape index (κ3) is 6.18. The molecule has 10 heteroatoms. The number of aryl methyl sites for hydroxylation is 1. The number of hydrogen-bond donors (Lipinski definition) is 3. The maximum Gasteiger partial charge on any atom is 0.326 e. The maximum atomic E-state index is 13.7. The average Bonchev–Trinajstić information content (AvgIpc) is 2.98. The van der Waals surface area contributed by atoms with Gasteiger partial charge in [0.2, 0.25) is 15.9 Å². The molecule has 3 aromatic rings. The monoisotopic (exact) mass is 575 g/mol. The molecule has 3 fully saturated rings. The van der Waals surface area contributed by atoms with Gasteiger partial charge in [0.25, 0.3) is 5.91 Å². The van der Waals surface area contributed by atoms with Crippen LogP contribution in [0.3, 0.4) is 0 Å². The summed E-state index contributed by atoms with van der Waals surface area (Å²) in [6, 6.07) is 19.5. The number of carbonyl (C=O) groups excluding carboxylic acids is 2. The number of aliphatic carboxylic acids is 1. The molecular weight excluding hydrogens is 542 g/mol. The molecule has 2 aliphatic heterocycles. The molecule has 6 rings (SSSR count). The number of carboxylic acid groups (broad SMARTS) is 1. The number of nitrogens with one attached hydrogen (secondary N) is 2. The summed E-state index contributed by atoms with van der Waals surface area (Å²) in [6.45, 7) is 1.87. The second-order valence-corrected chi connectivity index (χ2v) is 12.6. The highest BCUT2D eigenvalue weighted by molar-refractivity contribution is 7.89. The number of benzene rings is 3. The Balaban J connectivity index is 1.30. The minimum atomic E-state index is -3.96. The van der Waals surface area contributed by atoms with Crippen molar-refractivity contribution >= 4 is 33.5 Å². The second kappa shape index (κ2) is 11.8. The summed E-state index contributed by atoms with van der Waals surface area (Å²) in [6.07, 6.45) is 2.79. The van der Waals surface area contributed by atoms with Crippen molar-refractivity contribution in [2.45, 2.75) is 62.0 Å². The van der Waals surface area contributed by atoms with Crippen molar-refractivity contribution in [2.24, 2.45) is 5.92 Å². The molecule has 2 bridgehead atoms. The van der Waals surface area contributed by atoms with Crippen LogP contribution < -0.4 is 10.6 Å². The standard InChI is InChI=1S/C31H33N3O6S/c1-20-7-17-26(18-8-20)41(39,40)34-25-15-11-22(12-16-25)28(34)30(36)33-27(31(37)38)19-21-9-13-24(14-10-21)32-29(35)23-5-3-2-4-6-23/h2-10,13-14,17-18,22,25,27-28H,11-12,15-16,19H2,1H3,(H,32,35)(H,33,36)(H,37,38)/t22?,25?,27-,28?/m0/s1. The van der Waals surface area contributed by atoms with Crippen LogP contribution in [-0.2, 0) is 26.0 Å². The summed E-state index contributed by atoms with van der Waals surface area (Å²) >= 11 is 0. The van der Waals surface area contributed by atoms with Gasteiger partial charge in [-0.05, 0) is 80.5 Å². The molecule has 3 aromatic carbocycles. The van der Waals surface area contributed by atoms with E-state index in [2.05, 4.69) is 10.6 Å². The van der Waals surface area contributed by atoms with Crippen molar-refractivity contribution in [1.82, 2.24) is 9.62 Å². The van der Waals surface area contributed by atoms with Gasteiger partial charge in [-0.15, -0.1) is 0 Å². The summed E-state index contributed by atoms with van der Waals surface area (Å²) in [5.74, 6) is -2.24. The van der Waals surface area contributed by atoms with Crippen molar-refractivity contribution in [3.05, 3.63) is 95.6 Å². The van der Waals surface area contributed by atoms with Gasteiger partial charge >= 0.3 is 5.97 Å². The predicted molar refractivity (Wildman–Crippen MR) is 154 cm³/mol. The highest BCUT2D eigenvalue weighted by Gasteiger charge is 2.51. The zero-order valence-corrected chi connectivity index (χ0v) is 23.5. The predicted octanol–water partition coefficient (Wildman–Crippen LogP) is 3.99. The van der Waals surface area contributed by atoms with Gasteiger partial charge in [-0.1, -0.05) is 48.0 Å². The number of fused-ring (bicyclic) bond motifs is 3. The lowest BCUT2D eigenvalue weighted by Gasteiger charge is -2.49. The molecule has 2 heterocycles. The largest absolute Gasteiger partial charge is 0.480 e. The van der Waals surface area contributed by atoms with Crippen LogP contribution in [0.2, 0.25) is 0 Å². The fourth-order valence-electron chi connectivity index (χ4n) is 5.82. The SMILES string of the molecule is Cc1ccc(S(=O)(=O)N2C3CCC(CC3)C2C(=O)N[C@@H](Cc2ccc(NC(=O)c3ccccc3)cc2)C(=O)O)cc1. The summed E-state index contributed by atoms with van der Waals surface area (Å²) in [5, 5.41) is 15.4. The summed E-state index contributed by atoms with van der Waals surface area (Å²) in [5.41, 5.74) is 2.63. The number of sulfonamides is 1. The van der Waals surface area contributed by atoms with Crippen LogP contribution in [0.5, 0.6) is 0 Å². The Labute approximate surface area is 239 Å². The van der Waals surface area contributed by atoms with Crippen LogP contribution in [0.25, 0.3) is 0 Å². The maximum absolute atomic E-state index is 13.7. The third-order valence-electron chi connectivity index (χ3n) is 7.99. The van der Waals surface area contributed by atoms with E-state index in [1.54, 1.807) is 72.8 Å². The van der Waals surface area contributed by atoms with E-state index in [4.69, 9.17) is 0 Å². The fraction of sp³-hybridized carbons (Fsp3) is 0.323. The topological polar surface area (TPSA) is 133 Å². The Morgan fingerprint density at radius 3 is 2.15 bits per heavy atom. The molecule has 2 atom stereocenters. The Morgan fingerprint density at radius 2 is 1.54 bits per heavy atom. The number of carbonyl (C=O) groups is 3. The van der Waals surface area contributed by atoms with E-state index in [0.717, 1.165) is 18.4 Å². The first-order chi connectivity index (χ1) is 19.6. The molecule has 0 spiro atoms. The van der Waals surface area contributed by atoms with Crippen LogP contribution in [0.4, 0.5) is 5.69 Å². The van der Waals surface area contributed by atoms with Crippen LogP contribution in [-0.4, -0.2) is 53.7 Å². The molecule has 1 unspecified atom stereocenters. The highest BCUT2D eigenvalue weighted by Crippen LogP contribution is 2.42. The lowest BCUT2D eigenvalue weighted by Crippen LogP contribution is -2.63. The minimum Gasteiger partial charge on any atom is -0.480 e. The van der Waals surface area contributed by atoms with Gasteiger partial charge in [0.15, 0.2) is 0 Å². The van der Waals surface area contributed by atoms with Gasteiger partial charge in [0.05, 0.1) is 4.90 Å². The van der Waals surface area contributed by atoms with Gasteiger partial charge in [-0.3, -0.25) is 9.59 Å². The summed E-state index contributed by atoms with van der Waals surface area (Å²) in [7, 11) is -3.96. The van der Waals surface area contributed by atoms with Crippen molar-refractivity contribution in [2.75, 3.05) is 5.32 Å². The van der Waals surface area contributed by atoms with Crippen molar-refractivity contribution in [3.8, 4) is 0 Å². The van der Waals surface area contributed by atoms with E-state index in [-0.39, 0.29) is 29.2 Å². The molecule has 214 valence electrons. The van der Waals surface area contributed by atoms with Gasteiger partial charge in [0.1, 0.15) is 12.1 Å². The first-order valence-electron chi connectivity index (χ1n) is 13.7. The molecule has 2 saturated heterocycles. The molecule has 9 nitrogen and oxygen atoms in total. The number of amides is 2. The van der Waals surface area contributed by atoms with Crippen molar-refractivity contribution < 1.29 is 27.9 Å².